The maximum atomic E-state index is 11.8. The number of nitrogens with one attached hydrogen (secondary N) is 1. The fourth-order valence-electron chi connectivity index (χ4n) is 2.14. The van der Waals surface area contributed by atoms with Gasteiger partial charge in [-0.2, -0.15) is 0 Å². The maximum absolute atomic E-state index is 11.8. The summed E-state index contributed by atoms with van der Waals surface area (Å²) in [6.45, 7) is 7.39. The van der Waals surface area contributed by atoms with Gasteiger partial charge in [0, 0.05) is 3.57 Å². The lowest BCUT2D eigenvalue weighted by Crippen LogP contribution is -2.32. The van der Waals surface area contributed by atoms with Crippen LogP contribution >= 0.6 is 22.6 Å². The first kappa shape index (κ1) is 19.6. The first-order valence-corrected chi connectivity index (χ1v) is 9.31. The summed E-state index contributed by atoms with van der Waals surface area (Å²) in [5.41, 5.74) is 1.39. The number of amides is 1. The molecule has 0 aliphatic rings. The van der Waals surface area contributed by atoms with Gasteiger partial charge in [0.15, 0.2) is 6.61 Å². The van der Waals surface area contributed by atoms with Crippen molar-refractivity contribution < 1.29 is 14.3 Å². The molecule has 0 spiro atoms. The summed E-state index contributed by atoms with van der Waals surface area (Å²) in [6.07, 6.45) is 0. The summed E-state index contributed by atoms with van der Waals surface area (Å²) in [7, 11) is 0. The van der Waals surface area contributed by atoms with E-state index >= 15 is 0 Å². The van der Waals surface area contributed by atoms with Crippen LogP contribution in [-0.4, -0.2) is 25.7 Å². The van der Waals surface area contributed by atoms with E-state index in [1.807, 2.05) is 36.4 Å². The molecule has 1 amide bonds. The van der Waals surface area contributed by atoms with Gasteiger partial charge in [0.25, 0.3) is 5.91 Å². The molecule has 0 aliphatic carbocycles. The van der Waals surface area contributed by atoms with E-state index in [4.69, 9.17) is 9.47 Å². The van der Waals surface area contributed by atoms with Crippen LogP contribution in [-0.2, 0) is 10.2 Å². The molecule has 0 aliphatic heterocycles. The zero-order chi connectivity index (χ0) is 18.3. The van der Waals surface area contributed by atoms with Gasteiger partial charge in [-0.05, 0) is 70.0 Å². The fourth-order valence-corrected chi connectivity index (χ4v) is 2.50. The van der Waals surface area contributed by atoms with Gasteiger partial charge >= 0.3 is 0 Å². The molecular weight excluding hydrogens is 429 g/mol. The van der Waals surface area contributed by atoms with Crippen LogP contribution in [0.5, 0.6) is 11.5 Å². The van der Waals surface area contributed by atoms with Crippen LogP contribution in [0.4, 0.5) is 0 Å². The number of rotatable bonds is 7. The van der Waals surface area contributed by atoms with E-state index in [2.05, 4.69) is 60.8 Å². The lowest BCUT2D eigenvalue weighted by atomic mass is 9.87. The summed E-state index contributed by atoms with van der Waals surface area (Å²) in [5.74, 6) is 1.33. The zero-order valence-electron chi connectivity index (χ0n) is 14.8. The van der Waals surface area contributed by atoms with Crippen LogP contribution in [0.2, 0.25) is 0 Å². The Labute approximate surface area is 163 Å². The molecule has 0 bridgehead atoms. The van der Waals surface area contributed by atoms with Crippen LogP contribution in [0, 0.1) is 3.57 Å². The standard InChI is InChI=1S/C20H24INO3/c1-20(2,3)15-4-8-17(9-5-15)24-13-12-22-19(23)14-25-18-10-6-16(21)7-11-18/h4-11H,12-14H2,1-3H3,(H,22,23). The van der Waals surface area contributed by atoms with E-state index in [0.29, 0.717) is 18.9 Å². The second-order valence-electron chi connectivity index (χ2n) is 6.72. The van der Waals surface area contributed by atoms with Gasteiger partial charge in [-0.25, -0.2) is 0 Å². The van der Waals surface area contributed by atoms with Gasteiger partial charge in [-0.3, -0.25) is 4.79 Å². The molecule has 1 N–H and O–H groups in total. The second kappa shape index (κ2) is 9.08. The lowest BCUT2D eigenvalue weighted by molar-refractivity contribution is -0.123. The Bertz CT molecular complexity index is 676. The predicted octanol–water partition coefficient (Wildman–Crippen LogP) is 4.16. The summed E-state index contributed by atoms with van der Waals surface area (Å²) in [6, 6.07) is 15.6. The van der Waals surface area contributed by atoms with E-state index in [9.17, 15) is 4.79 Å². The second-order valence-corrected chi connectivity index (χ2v) is 7.96. The number of carbonyl (C=O) groups is 1. The highest BCUT2D eigenvalue weighted by molar-refractivity contribution is 14.1. The highest BCUT2D eigenvalue weighted by atomic mass is 127. The zero-order valence-corrected chi connectivity index (χ0v) is 17.0. The van der Waals surface area contributed by atoms with Crippen molar-refractivity contribution >= 4 is 28.5 Å². The molecule has 2 aromatic rings. The third kappa shape index (κ3) is 6.94. The van der Waals surface area contributed by atoms with Crippen LogP contribution in [0.15, 0.2) is 48.5 Å². The van der Waals surface area contributed by atoms with Gasteiger partial charge in [0.1, 0.15) is 18.1 Å². The first-order valence-electron chi connectivity index (χ1n) is 8.23. The lowest BCUT2D eigenvalue weighted by Gasteiger charge is -2.19. The highest BCUT2D eigenvalue weighted by Gasteiger charge is 2.12. The average Bonchev–Trinajstić information content (AvgIpc) is 2.58. The van der Waals surface area contributed by atoms with Crippen molar-refractivity contribution in [2.24, 2.45) is 0 Å². The van der Waals surface area contributed by atoms with Crippen molar-refractivity contribution in [1.29, 1.82) is 0 Å². The molecule has 0 atom stereocenters. The number of hydrogen-bond acceptors (Lipinski definition) is 3. The summed E-state index contributed by atoms with van der Waals surface area (Å²) < 4.78 is 12.2. The largest absolute Gasteiger partial charge is 0.492 e. The van der Waals surface area contributed by atoms with Crippen molar-refractivity contribution in [3.8, 4) is 11.5 Å². The third-order valence-electron chi connectivity index (χ3n) is 3.60. The van der Waals surface area contributed by atoms with E-state index in [0.717, 1.165) is 9.32 Å². The molecular formula is C20H24INO3. The number of carbonyl (C=O) groups excluding carboxylic acids is 1. The Hall–Kier alpha value is -1.76. The van der Waals surface area contributed by atoms with Crippen molar-refractivity contribution in [3.05, 3.63) is 57.7 Å². The van der Waals surface area contributed by atoms with Crippen molar-refractivity contribution in [1.82, 2.24) is 5.32 Å². The van der Waals surface area contributed by atoms with Crippen molar-refractivity contribution in [2.45, 2.75) is 26.2 Å². The van der Waals surface area contributed by atoms with Crippen molar-refractivity contribution in [2.75, 3.05) is 19.8 Å². The highest BCUT2D eigenvalue weighted by Crippen LogP contribution is 2.24. The molecule has 0 unspecified atom stereocenters. The van der Waals surface area contributed by atoms with Gasteiger partial charge < -0.3 is 14.8 Å². The van der Waals surface area contributed by atoms with Gasteiger partial charge in [0.05, 0.1) is 6.54 Å². The normalized spacial score (nSPS) is 11.0. The molecule has 25 heavy (non-hydrogen) atoms. The van der Waals surface area contributed by atoms with E-state index in [1.54, 1.807) is 0 Å². The molecule has 134 valence electrons. The quantitative estimate of drug-likeness (QED) is 0.506. The van der Waals surface area contributed by atoms with Crippen LogP contribution in [0.1, 0.15) is 26.3 Å². The molecule has 0 heterocycles. The smallest absolute Gasteiger partial charge is 0.258 e. The van der Waals surface area contributed by atoms with Crippen LogP contribution in [0.3, 0.4) is 0 Å². The van der Waals surface area contributed by atoms with Gasteiger partial charge in [0.2, 0.25) is 0 Å². The number of benzene rings is 2. The molecule has 0 radical (unpaired) electrons. The molecule has 5 heteroatoms. The summed E-state index contributed by atoms with van der Waals surface area (Å²) in [5, 5.41) is 2.78. The van der Waals surface area contributed by atoms with Gasteiger partial charge in [-0.1, -0.05) is 32.9 Å². The maximum Gasteiger partial charge on any atom is 0.258 e. The number of halogens is 1. The topological polar surface area (TPSA) is 47.6 Å². The Balaban J connectivity index is 1.65. The van der Waals surface area contributed by atoms with Gasteiger partial charge in [-0.15, -0.1) is 0 Å². The van der Waals surface area contributed by atoms with Crippen LogP contribution < -0.4 is 14.8 Å². The van der Waals surface area contributed by atoms with Crippen molar-refractivity contribution in [3.63, 3.8) is 0 Å². The Morgan fingerprint density at radius 3 is 2.12 bits per heavy atom. The molecule has 0 saturated heterocycles. The minimum Gasteiger partial charge on any atom is -0.492 e. The third-order valence-corrected chi connectivity index (χ3v) is 4.32. The van der Waals surface area contributed by atoms with E-state index in [1.165, 1.54) is 5.56 Å². The molecule has 0 saturated carbocycles. The predicted molar refractivity (Wildman–Crippen MR) is 108 cm³/mol. The molecule has 2 rings (SSSR count). The Morgan fingerprint density at radius 1 is 0.960 bits per heavy atom. The van der Waals surface area contributed by atoms with Crippen LogP contribution in [0.25, 0.3) is 0 Å². The SMILES string of the molecule is CC(C)(C)c1ccc(OCCNC(=O)COc2ccc(I)cc2)cc1. The molecule has 2 aromatic carbocycles. The fraction of sp³-hybridized carbons (Fsp3) is 0.350. The van der Waals surface area contributed by atoms with E-state index in [-0.39, 0.29) is 17.9 Å². The molecule has 0 fully saturated rings. The number of hydrogen-bond donors (Lipinski definition) is 1. The Morgan fingerprint density at radius 2 is 1.52 bits per heavy atom. The number of ether oxygens (including phenoxy) is 2. The van der Waals surface area contributed by atoms with E-state index < -0.39 is 0 Å². The monoisotopic (exact) mass is 453 g/mol. The average molecular weight is 453 g/mol. The molecule has 0 aromatic heterocycles. The molecule has 4 nitrogen and oxygen atoms in total. The summed E-state index contributed by atoms with van der Waals surface area (Å²) in [4.78, 5) is 11.8. The first-order chi connectivity index (χ1) is 11.8. The minimum absolute atomic E-state index is 0.000865. The summed E-state index contributed by atoms with van der Waals surface area (Å²) >= 11 is 2.22. The Kier molecular flexibility index (Phi) is 7.11. The minimum atomic E-state index is -0.162.